The van der Waals surface area contributed by atoms with Crippen LogP contribution in [0.5, 0.6) is 0 Å². The number of aliphatic hydroxyl groups is 1. The van der Waals surface area contributed by atoms with Crippen LogP contribution in [0.15, 0.2) is 48.5 Å². The maximum absolute atomic E-state index is 11.3. The summed E-state index contributed by atoms with van der Waals surface area (Å²) in [6.45, 7) is 3.34. The van der Waals surface area contributed by atoms with Gasteiger partial charge in [-0.1, -0.05) is 30.3 Å². The largest absolute Gasteiger partial charge is 0.478 e. The quantitative estimate of drug-likeness (QED) is 0.459. The Morgan fingerprint density at radius 3 is 2.59 bits per heavy atom. The third-order valence-corrected chi connectivity index (χ3v) is 7.37. The minimum absolute atomic E-state index is 0.246. The fourth-order valence-electron chi connectivity index (χ4n) is 4.60. The highest BCUT2D eigenvalue weighted by Gasteiger charge is 2.38. The molecule has 3 aliphatic rings. The van der Waals surface area contributed by atoms with Crippen molar-refractivity contribution in [1.82, 2.24) is 4.90 Å². The molecule has 0 unspecified atom stereocenters. The molecule has 4 heterocycles. The minimum Gasteiger partial charge on any atom is -0.478 e. The Kier molecular flexibility index (Phi) is 4.60. The van der Waals surface area contributed by atoms with Gasteiger partial charge in [-0.05, 0) is 60.6 Å². The van der Waals surface area contributed by atoms with Crippen molar-refractivity contribution in [1.29, 1.82) is 0 Å². The van der Waals surface area contributed by atoms with Gasteiger partial charge < -0.3 is 10.2 Å². The topological polar surface area (TPSA) is 74.7 Å². The van der Waals surface area contributed by atoms with Crippen LogP contribution >= 0.6 is 11.3 Å². The monoisotopic (exact) mass is 407 g/mol. The molecule has 148 valence electrons. The molecule has 1 atom stereocenters. The zero-order valence-corrected chi connectivity index (χ0v) is 16.8. The van der Waals surface area contributed by atoms with Crippen LogP contribution in [0.1, 0.15) is 28.1 Å². The van der Waals surface area contributed by atoms with Crippen molar-refractivity contribution < 1.29 is 20.0 Å². The van der Waals surface area contributed by atoms with Gasteiger partial charge in [-0.2, -0.15) is 0 Å². The Morgan fingerprint density at radius 2 is 1.86 bits per heavy atom. The first kappa shape index (κ1) is 18.3. The van der Waals surface area contributed by atoms with E-state index < -0.39 is 5.97 Å². The van der Waals surface area contributed by atoms with Gasteiger partial charge in [-0.25, -0.2) is 9.79 Å². The molecule has 3 aliphatic heterocycles. The van der Waals surface area contributed by atoms with Crippen LogP contribution in [-0.4, -0.2) is 52.7 Å². The van der Waals surface area contributed by atoms with Crippen molar-refractivity contribution in [3.8, 4) is 11.1 Å². The number of aromatic carboxylic acids is 1. The van der Waals surface area contributed by atoms with Crippen LogP contribution in [0.2, 0.25) is 0 Å². The van der Waals surface area contributed by atoms with Crippen molar-refractivity contribution in [2.24, 2.45) is 5.92 Å². The molecule has 2 aromatic carbocycles. The number of benzene rings is 2. The van der Waals surface area contributed by atoms with Crippen molar-refractivity contribution in [2.45, 2.75) is 18.9 Å². The van der Waals surface area contributed by atoms with E-state index in [1.54, 1.807) is 18.2 Å². The smallest absolute Gasteiger partial charge is 0.376 e. The van der Waals surface area contributed by atoms with Crippen LogP contribution < -0.4 is 4.99 Å². The molecule has 0 radical (unpaired) electrons. The van der Waals surface area contributed by atoms with Crippen LogP contribution in [-0.2, 0) is 0 Å². The summed E-state index contributed by atoms with van der Waals surface area (Å²) >= 11 is 1.54. The summed E-state index contributed by atoms with van der Waals surface area (Å²) in [6.07, 6.45) is 2.39. The molecule has 3 N–H and O–H groups in total. The lowest BCUT2D eigenvalue weighted by atomic mass is 9.84. The second-order valence-corrected chi connectivity index (χ2v) is 9.01. The lowest BCUT2D eigenvalue weighted by Crippen LogP contribution is -2.86. The summed E-state index contributed by atoms with van der Waals surface area (Å²) in [5.74, 6) is -0.0559. The SMILES string of the molecule is O=C(O)c1cccc(-c2cccc3cc(C(O)=[NH+][C@H]4CN5CCC4CC5)sc23)c1. The molecule has 29 heavy (non-hydrogen) atoms. The maximum atomic E-state index is 11.3. The van der Waals surface area contributed by atoms with E-state index in [1.807, 2.05) is 30.3 Å². The highest BCUT2D eigenvalue weighted by molar-refractivity contribution is 7.21. The predicted octanol–water partition coefficient (Wildman–Crippen LogP) is 2.75. The van der Waals surface area contributed by atoms with Crippen molar-refractivity contribution in [3.63, 3.8) is 0 Å². The van der Waals surface area contributed by atoms with Crippen molar-refractivity contribution in [3.05, 3.63) is 59.0 Å². The number of piperidine rings is 3. The van der Waals surface area contributed by atoms with E-state index in [4.69, 9.17) is 0 Å². The van der Waals surface area contributed by atoms with Gasteiger partial charge in [-0.15, -0.1) is 11.3 Å². The zero-order valence-electron chi connectivity index (χ0n) is 16.0. The van der Waals surface area contributed by atoms with E-state index >= 15 is 0 Å². The number of nitrogens with one attached hydrogen (secondary N) is 1. The summed E-state index contributed by atoms with van der Waals surface area (Å²) in [6, 6.07) is 15.3. The summed E-state index contributed by atoms with van der Waals surface area (Å²) in [4.78, 5) is 18.0. The van der Waals surface area contributed by atoms with Gasteiger partial charge in [0.1, 0.15) is 4.88 Å². The molecule has 5 nitrogen and oxygen atoms in total. The molecule has 0 aliphatic carbocycles. The average Bonchev–Trinajstić information content (AvgIpc) is 3.19. The molecule has 0 saturated carbocycles. The highest BCUT2D eigenvalue weighted by atomic mass is 32.1. The number of aliphatic hydroxyl groups excluding tert-OH is 1. The Bertz CT molecular complexity index is 1110. The molecule has 3 aromatic rings. The third-order valence-electron chi connectivity index (χ3n) is 6.18. The van der Waals surface area contributed by atoms with E-state index in [0.717, 1.165) is 32.6 Å². The normalized spacial score (nSPS) is 24.1. The van der Waals surface area contributed by atoms with Gasteiger partial charge in [0, 0.05) is 10.6 Å². The van der Waals surface area contributed by atoms with E-state index in [1.165, 1.54) is 37.3 Å². The summed E-state index contributed by atoms with van der Waals surface area (Å²) in [5, 5.41) is 21.1. The van der Waals surface area contributed by atoms with Gasteiger partial charge in [-0.3, -0.25) is 4.90 Å². The second-order valence-electron chi connectivity index (χ2n) is 7.96. The first-order chi connectivity index (χ1) is 14.1. The minimum atomic E-state index is -0.932. The Balaban J connectivity index is 1.51. The van der Waals surface area contributed by atoms with Crippen LogP contribution in [0.25, 0.3) is 21.2 Å². The van der Waals surface area contributed by atoms with Gasteiger partial charge >= 0.3 is 11.9 Å². The van der Waals surface area contributed by atoms with Crippen LogP contribution in [0, 0.1) is 5.92 Å². The Morgan fingerprint density at radius 1 is 1.07 bits per heavy atom. The molecule has 0 amide bonds. The maximum Gasteiger partial charge on any atom is 0.376 e. The number of carboxylic acid groups (broad SMARTS) is 1. The van der Waals surface area contributed by atoms with Gasteiger partial charge in [0.2, 0.25) is 0 Å². The van der Waals surface area contributed by atoms with E-state index in [-0.39, 0.29) is 11.5 Å². The second kappa shape index (κ2) is 7.28. The molecule has 0 spiro atoms. The molecular weight excluding hydrogens is 384 g/mol. The number of thiophene rings is 1. The third kappa shape index (κ3) is 3.43. The molecule has 2 bridgehead atoms. The van der Waals surface area contributed by atoms with E-state index in [0.29, 0.717) is 12.0 Å². The average molecular weight is 408 g/mol. The number of carboxylic acids is 1. The number of rotatable bonds is 4. The number of carbonyl (C=O) groups is 1. The van der Waals surface area contributed by atoms with E-state index in [2.05, 4.69) is 9.89 Å². The van der Waals surface area contributed by atoms with Gasteiger partial charge in [0.25, 0.3) is 0 Å². The standard InChI is InChI=1S/C23H22N2O3S/c26-22(24-19-13-25-9-7-14(19)8-10-25)20-12-16-4-2-6-18(21(16)29-20)15-3-1-5-17(11-15)23(27)28/h1-6,11-12,14,19H,7-10,13H2,(H,24,26)(H,27,28)/p+1/t19-/m0/s1. The molecule has 6 rings (SSSR count). The number of hydrogen-bond acceptors (Lipinski definition) is 3. The molecular formula is C23H23N2O3S+. The Hall–Kier alpha value is -2.70. The molecule has 1 aromatic heterocycles. The fraction of sp³-hybridized carbons (Fsp3) is 0.304. The van der Waals surface area contributed by atoms with Crippen LogP contribution in [0.3, 0.4) is 0 Å². The number of nitrogens with zero attached hydrogens (tertiary/aromatic N) is 1. The lowest BCUT2D eigenvalue weighted by Gasteiger charge is -2.40. The first-order valence-electron chi connectivity index (χ1n) is 10.00. The van der Waals surface area contributed by atoms with Gasteiger partial charge in [0.05, 0.1) is 12.1 Å². The predicted molar refractivity (Wildman–Crippen MR) is 115 cm³/mol. The van der Waals surface area contributed by atoms with Crippen LogP contribution in [0.4, 0.5) is 0 Å². The summed E-state index contributed by atoms with van der Waals surface area (Å²) < 4.78 is 1.05. The summed E-state index contributed by atoms with van der Waals surface area (Å²) in [5.41, 5.74) is 2.13. The first-order valence-corrected chi connectivity index (χ1v) is 10.8. The zero-order chi connectivity index (χ0) is 20.0. The molecule has 3 fully saturated rings. The molecule has 3 saturated heterocycles. The number of hydrogen-bond donors (Lipinski definition) is 3. The fourth-order valence-corrected chi connectivity index (χ4v) is 5.70. The van der Waals surface area contributed by atoms with E-state index in [9.17, 15) is 15.0 Å². The van der Waals surface area contributed by atoms with Crippen molar-refractivity contribution >= 4 is 33.3 Å². The number of fused-ring (bicyclic) bond motifs is 4. The lowest BCUT2D eigenvalue weighted by molar-refractivity contribution is -0.529. The molecule has 6 heteroatoms. The Labute approximate surface area is 172 Å². The summed E-state index contributed by atoms with van der Waals surface area (Å²) in [7, 11) is 0. The van der Waals surface area contributed by atoms with Crippen molar-refractivity contribution in [2.75, 3.05) is 19.6 Å². The van der Waals surface area contributed by atoms with Gasteiger partial charge in [0.15, 0.2) is 6.04 Å². The highest BCUT2D eigenvalue weighted by Crippen LogP contribution is 2.35.